The fraction of sp³-hybridized carbons (Fsp3) is 0.385. The molecule has 0 saturated carbocycles. The summed E-state index contributed by atoms with van der Waals surface area (Å²) in [7, 11) is -3.52. The Morgan fingerprint density at radius 2 is 1.69 bits per heavy atom. The van der Waals surface area contributed by atoms with Crippen LogP contribution in [0.15, 0.2) is 65.6 Å². The first-order valence-corrected chi connectivity index (χ1v) is 12.9. The molecule has 1 aliphatic heterocycles. The molecule has 0 N–H and O–H groups in total. The summed E-state index contributed by atoms with van der Waals surface area (Å²) >= 11 is 0. The predicted octanol–water partition coefficient (Wildman–Crippen LogP) is 5.21. The van der Waals surface area contributed by atoms with Gasteiger partial charge in [0.15, 0.2) is 0 Å². The smallest absolute Gasteiger partial charge is 0.243 e. The van der Waals surface area contributed by atoms with E-state index in [1.165, 1.54) is 24.0 Å². The van der Waals surface area contributed by atoms with Crippen molar-refractivity contribution >= 4 is 33.2 Å². The lowest BCUT2D eigenvalue weighted by Gasteiger charge is -2.35. The number of nitrogens with zero attached hydrogens (tertiary/aromatic N) is 2. The first-order valence-electron chi connectivity index (χ1n) is 11.4. The molecule has 4 nitrogen and oxygen atoms in total. The van der Waals surface area contributed by atoms with Gasteiger partial charge in [0.25, 0.3) is 0 Å². The van der Waals surface area contributed by atoms with Crippen molar-refractivity contribution in [3.63, 3.8) is 0 Å². The van der Waals surface area contributed by atoms with Gasteiger partial charge in [-0.05, 0) is 53.8 Å². The second-order valence-electron chi connectivity index (χ2n) is 8.66. The van der Waals surface area contributed by atoms with E-state index in [0.29, 0.717) is 24.0 Å². The minimum atomic E-state index is -3.52. The van der Waals surface area contributed by atoms with Crippen LogP contribution in [0.1, 0.15) is 42.5 Å². The van der Waals surface area contributed by atoms with E-state index >= 15 is 0 Å². The molecule has 0 aromatic heterocycles. The highest BCUT2D eigenvalue weighted by atomic mass is 35.5. The Balaban J connectivity index is 0.00000245. The number of fused-ring (bicyclic) bond motifs is 1. The van der Waals surface area contributed by atoms with Crippen LogP contribution in [0.2, 0.25) is 0 Å². The van der Waals surface area contributed by atoms with Crippen molar-refractivity contribution in [3.8, 4) is 0 Å². The summed E-state index contributed by atoms with van der Waals surface area (Å²) < 4.78 is 28.6. The Labute approximate surface area is 197 Å². The quantitative estimate of drug-likeness (QED) is 0.476. The number of hydrogen-bond donors (Lipinski definition) is 0. The molecule has 0 fully saturated rings. The van der Waals surface area contributed by atoms with Gasteiger partial charge in [-0.1, -0.05) is 61.5 Å². The third-order valence-electron chi connectivity index (χ3n) is 6.99. The maximum absolute atomic E-state index is 13.5. The molecule has 1 heterocycles. The van der Waals surface area contributed by atoms with Gasteiger partial charge in [-0.3, -0.25) is 4.90 Å². The van der Waals surface area contributed by atoms with E-state index in [1.807, 2.05) is 43.3 Å². The number of sulfonamides is 1. The lowest BCUT2D eigenvalue weighted by Crippen LogP contribution is -2.38. The third-order valence-corrected chi connectivity index (χ3v) is 9.02. The summed E-state index contributed by atoms with van der Waals surface area (Å²) in [5, 5.41) is 1.76. The van der Waals surface area contributed by atoms with E-state index in [2.05, 4.69) is 23.1 Å². The molecule has 3 aromatic carbocycles. The maximum atomic E-state index is 13.5. The SMILES string of the molecule is CCN(CCCN1CCc2cccc3c2C1CC3)S(=O)(=O)c1cccc2ccccc12.Cl. The maximum Gasteiger partial charge on any atom is 0.243 e. The second-order valence-corrected chi connectivity index (χ2v) is 10.6. The molecule has 1 atom stereocenters. The average molecular weight is 471 g/mol. The van der Waals surface area contributed by atoms with Crippen molar-refractivity contribution in [3.05, 3.63) is 77.4 Å². The third kappa shape index (κ3) is 4.08. The zero-order valence-corrected chi connectivity index (χ0v) is 20.2. The first kappa shape index (κ1) is 23.2. The predicted molar refractivity (Wildman–Crippen MR) is 133 cm³/mol. The van der Waals surface area contributed by atoms with Gasteiger partial charge >= 0.3 is 0 Å². The van der Waals surface area contributed by atoms with Crippen molar-refractivity contribution in [1.82, 2.24) is 9.21 Å². The van der Waals surface area contributed by atoms with Gasteiger partial charge in [-0.25, -0.2) is 8.42 Å². The fourth-order valence-electron chi connectivity index (χ4n) is 5.48. The van der Waals surface area contributed by atoms with Gasteiger partial charge in [0.1, 0.15) is 0 Å². The summed E-state index contributed by atoms with van der Waals surface area (Å²) in [6, 6.07) is 20.5. The van der Waals surface area contributed by atoms with Gasteiger partial charge in [0.05, 0.1) is 4.90 Å². The summed E-state index contributed by atoms with van der Waals surface area (Å²) in [5.74, 6) is 0. The number of benzene rings is 3. The molecule has 0 amide bonds. The molecule has 32 heavy (non-hydrogen) atoms. The monoisotopic (exact) mass is 470 g/mol. The topological polar surface area (TPSA) is 40.6 Å². The van der Waals surface area contributed by atoms with Crippen LogP contribution in [0.4, 0.5) is 0 Å². The Hall–Kier alpha value is -1.92. The van der Waals surface area contributed by atoms with Gasteiger partial charge in [0.2, 0.25) is 10.0 Å². The van der Waals surface area contributed by atoms with Crippen LogP contribution in [0.5, 0.6) is 0 Å². The van der Waals surface area contributed by atoms with Crippen LogP contribution in [0.25, 0.3) is 10.8 Å². The molecule has 170 valence electrons. The standard InChI is InChI=1S/C26H30N2O2S.ClH/c1-2-28(31(29,30)25-13-6-9-20-8-3-4-12-23(20)25)18-7-17-27-19-16-22-11-5-10-21-14-15-24(27)26(21)22;/h3-6,8-13,24H,2,7,14-19H2,1H3;1H. The zero-order valence-electron chi connectivity index (χ0n) is 18.5. The lowest BCUT2D eigenvalue weighted by atomic mass is 9.93. The normalized spacial score (nSPS) is 18.0. The molecule has 0 saturated heterocycles. The highest BCUT2D eigenvalue weighted by Gasteiger charge is 2.33. The molecule has 1 aliphatic carbocycles. The van der Waals surface area contributed by atoms with Crippen molar-refractivity contribution in [2.75, 3.05) is 26.2 Å². The zero-order chi connectivity index (χ0) is 21.4. The second kappa shape index (κ2) is 9.52. The van der Waals surface area contributed by atoms with Crippen molar-refractivity contribution in [2.45, 2.75) is 43.5 Å². The van der Waals surface area contributed by atoms with Crippen LogP contribution < -0.4 is 0 Å². The molecule has 0 bridgehead atoms. The molecular formula is C26H31ClN2O2S. The van der Waals surface area contributed by atoms with E-state index < -0.39 is 10.0 Å². The molecule has 3 aromatic rings. The molecule has 2 aliphatic rings. The molecule has 0 radical (unpaired) electrons. The number of aryl methyl sites for hydroxylation is 1. The van der Waals surface area contributed by atoms with Gasteiger partial charge < -0.3 is 0 Å². The van der Waals surface area contributed by atoms with E-state index in [1.54, 1.807) is 15.9 Å². The lowest BCUT2D eigenvalue weighted by molar-refractivity contribution is 0.179. The van der Waals surface area contributed by atoms with E-state index in [0.717, 1.165) is 36.7 Å². The van der Waals surface area contributed by atoms with Crippen LogP contribution in [0.3, 0.4) is 0 Å². The first-order chi connectivity index (χ1) is 15.1. The summed E-state index contributed by atoms with van der Waals surface area (Å²) in [6.45, 7) is 4.99. The number of hydrogen-bond acceptors (Lipinski definition) is 3. The molecule has 5 rings (SSSR count). The number of halogens is 1. The van der Waals surface area contributed by atoms with E-state index in [9.17, 15) is 8.42 Å². The minimum absolute atomic E-state index is 0. The average Bonchev–Trinajstić information content (AvgIpc) is 3.23. The van der Waals surface area contributed by atoms with Crippen molar-refractivity contribution in [2.24, 2.45) is 0 Å². The van der Waals surface area contributed by atoms with Gasteiger partial charge in [-0.2, -0.15) is 4.31 Å². The van der Waals surface area contributed by atoms with E-state index in [4.69, 9.17) is 0 Å². The van der Waals surface area contributed by atoms with Gasteiger partial charge in [0, 0.05) is 37.6 Å². The van der Waals surface area contributed by atoms with Crippen molar-refractivity contribution < 1.29 is 8.42 Å². The molecule has 1 unspecified atom stereocenters. The number of rotatable bonds is 7. The summed E-state index contributed by atoms with van der Waals surface area (Å²) in [5.41, 5.74) is 4.59. The Kier molecular flexibility index (Phi) is 6.91. The van der Waals surface area contributed by atoms with Crippen LogP contribution >= 0.6 is 12.4 Å². The Morgan fingerprint density at radius 3 is 2.50 bits per heavy atom. The fourth-order valence-corrected chi connectivity index (χ4v) is 7.18. The largest absolute Gasteiger partial charge is 0.296 e. The summed E-state index contributed by atoms with van der Waals surface area (Å²) in [4.78, 5) is 3.00. The summed E-state index contributed by atoms with van der Waals surface area (Å²) in [6.07, 6.45) is 4.32. The molecule has 6 heteroatoms. The van der Waals surface area contributed by atoms with Crippen LogP contribution in [-0.2, 0) is 22.9 Å². The highest BCUT2D eigenvalue weighted by Crippen LogP contribution is 2.41. The molecular weight excluding hydrogens is 440 g/mol. The Morgan fingerprint density at radius 1 is 0.969 bits per heavy atom. The van der Waals surface area contributed by atoms with Crippen LogP contribution in [-0.4, -0.2) is 43.8 Å². The van der Waals surface area contributed by atoms with Crippen molar-refractivity contribution in [1.29, 1.82) is 0 Å². The minimum Gasteiger partial charge on any atom is -0.296 e. The molecule has 0 spiro atoms. The Bertz CT molecular complexity index is 1210. The highest BCUT2D eigenvalue weighted by molar-refractivity contribution is 7.89. The van der Waals surface area contributed by atoms with Crippen LogP contribution in [0, 0.1) is 0 Å². The van der Waals surface area contributed by atoms with Gasteiger partial charge in [-0.15, -0.1) is 12.4 Å². The van der Waals surface area contributed by atoms with E-state index in [-0.39, 0.29) is 12.4 Å².